The molecule has 138 valence electrons. The predicted molar refractivity (Wildman–Crippen MR) is 108 cm³/mol. The minimum absolute atomic E-state index is 0.330. The van der Waals surface area contributed by atoms with E-state index < -0.39 is 0 Å². The van der Waals surface area contributed by atoms with E-state index in [1.165, 1.54) is 0 Å². The first-order valence-corrected chi connectivity index (χ1v) is 8.94. The number of anilines is 1. The number of hydrogen-bond donors (Lipinski definition) is 1. The van der Waals surface area contributed by atoms with Crippen molar-refractivity contribution in [3.8, 4) is 11.3 Å². The molecule has 1 N–H and O–H groups in total. The molecule has 0 spiro atoms. The van der Waals surface area contributed by atoms with Crippen LogP contribution in [0.4, 0.5) is 5.69 Å². The molecule has 3 aromatic rings. The van der Waals surface area contributed by atoms with E-state index in [1.54, 1.807) is 55.6 Å². The van der Waals surface area contributed by atoms with Crippen molar-refractivity contribution in [2.75, 3.05) is 12.0 Å². The molecule has 3 rings (SSSR count). The summed E-state index contributed by atoms with van der Waals surface area (Å²) in [4.78, 5) is 11.9. The normalized spacial score (nSPS) is 10.9. The maximum absolute atomic E-state index is 11.9. The lowest BCUT2D eigenvalue weighted by atomic mass is 10.1. The maximum atomic E-state index is 11.9. The van der Waals surface area contributed by atoms with E-state index in [1.807, 2.05) is 12.1 Å². The zero-order chi connectivity index (χ0) is 19.2. The van der Waals surface area contributed by atoms with Gasteiger partial charge in [-0.25, -0.2) is 4.79 Å². The molecule has 0 saturated heterocycles. The lowest BCUT2D eigenvalue weighted by molar-refractivity contribution is 0.0526. The topological polar surface area (TPSA) is 63.8 Å². The van der Waals surface area contributed by atoms with Gasteiger partial charge in [-0.15, -0.1) is 0 Å². The van der Waals surface area contributed by atoms with Gasteiger partial charge in [-0.3, -0.25) is 5.43 Å². The van der Waals surface area contributed by atoms with Gasteiger partial charge in [0, 0.05) is 5.56 Å². The van der Waals surface area contributed by atoms with Crippen molar-refractivity contribution < 1.29 is 13.9 Å². The number of furan rings is 1. The number of hydrazone groups is 1. The van der Waals surface area contributed by atoms with Gasteiger partial charge in [-0.1, -0.05) is 35.3 Å². The van der Waals surface area contributed by atoms with Crippen molar-refractivity contribution in [1.82, 2.24) is 0 Å². The van der Waals surface area contributed by atoms with E-state index in [9.17, 15) is 4.79 Å². The third kappa shape index (κ3) is 4.90. The van der Waals surface area contributed by atoms with E-state index in [0.717, 1.165) is 5.56 Å². The SMILES string of the molecule is CCOC(=O)c1cccc(-c2ccc(/C=N/Nc3ccc(Cl)c(Cl)c3)o2)c1. The Kier molecular flexibility index (Phi) is 6.16. The van der Waals surface area contributed by atoms with Crippen LogP contribution >= 0.6 is 23.2 Å². The number of benzene rings is 2. The smallest absolute Gasteiger partial charge is 0.338 e. The Balaban J connectivity index is 1.70. The van der Waals surface area contributed by atoms with Gasteiger partial charge >= 0.3 is 5.97 Å². The van der Waals surface area contributed by atoms with Crippen LogP contribution in [0.3, 0.4) is 0 Å². The third-order valence-corrected chi connectivity index (χ3v) is 4.33. The van der Waals surface area contributed by atoms with Crippen LogP contribution in [-0.4, -0.2) is 18.8 Å². The number of nitrogens with zero attached hydrogens (tertiary/aromatic N) is 1. The molecule has 7 heteroatoms. The van der Waals surface area contributed by atoms with Crippen LogP contribution < -0.4 is 5.43 Å². The molecule has 0 amide bonds. The third-order valence-electron chi connectivity index (χ3n) is 3.59. The van der Waals surface area contributed by atoms with Crippen molar-refractivity contribution in [2.45, 2.75) is 6.92 Å². The number of esters is 1. The quantitative estimate of drug-likeness (QED) is 0.317. The number of rotatable bonds is 6. The van der Waals surface area contributed by atoms with E-state index in [2.05, 4.69) is 10.5 Å². The highest BCUT2D eigenvalue weighted by molar-refractivity contribution is 6.42. The second-order valence-electron chi connectivity index (χ2n) is 5.50. The molecule has 27 heavy (non-hydrogen) atoms. The Hall–Kier alpha value is -2.76. The van der Waals surface area contributed by atoms with Crippen molar-refractivity contribution in [1.29, 1.82) is 0 Å². The van der Waals surface area contributed by atoms with Gasteiger partial charge in [0.15, 0.2) is 0 Å². The second kappa shape index (κ2) is 8.75. The van der Waals surface area contributed by atoms with Gasteiger partial charge in [0.05, 0.1) is 34.1 Å². The fraction of sp³-hybridized carbons (Fsp3) is 0.100. The van der Waals surface area contributed by atoms with Crippen molar-refractivity contribution in [2.24, 2.45) is 5.10 Å². The fourth-order valence-corrected chi connectivity index (χ4v) is 2.63. The molecular weight excluding hydrogens is 387 g/mol. The molecule has 0 aliphatic carbocycles. The number of halogens is 2. The molecule has 0 radical (unpaired) electrons. The van der Waals surface area contributed by atoms with Gasteiger partial charge in [0.1, 0.15) is 11.5 Å². The Morgan fingerprint density at radius 3 is 2.78 bits per heavy atom. The molecular formula is C20H16Cl2N2O3. The zero-order valence-electron chi connectivity index (χ0n) is 14.4. The standard InChI is InChI=1S/C20H16Cl2N2O3/c1-2-26-20(25)14-5-3-4-13(10-14)19-9-7-16(27-19)12-23-24-15-6-8-17(21)18(22)11-15/h3-12,24H,2H2,1H3/b23-12+. The molecule has 1 heterocycles. The molecule has 0 aliphatic rings. The molecule has 0 saturated carbocycles. The maximum Gasteiger partial charge on any atom is 0.338 e. The van der Waals surface area contributed by atoms with E-state index in [-0.39, 0.29) is 5.97 Å². The summed E-state index contributed by atoms with van der Waals surface area (Å²) in [5, 5.41) is 5.04. The molecule has 0 bridgehead atoms. The first-order chi connectivity index (χ1) is 13.1. The fourth-order valence-electron chi connectivity index (χ4n) is 2.33. The highest BCUT2D eigenvalue weighted by atomic mass is 35.5. The van der Waals surface area contributed by atoms with Gasteiger partial charge < -0.3 is 9.15 Å². The molecule has 0 atom stereocenters. The Bertz CT molecular complexity index is 983. The van der Waals surface area contributed by atoms with Crippen LogP contribution in [0.15, 0.2) is 64.1 Å². The molecule has 0 fully saturated rings. The highest BCUT2D eigenvalue weighted by Crippen LogP contribution is 2.25. The summed E-state index contributed by atoms with van der Waals surface area (Å²) in [6, 6.07) is 15.8. The highest BCUT2D eigenvalue weighted by Gasteiger charge is 2.10. The summed E-state index contributed by atoms with van der Waals surface area (Å²) in [6.45, 7) is 2.10. The summed E-state index contributed by atoms with van der Waals surface area (Å²) in [5.74, 6) is 0.815. The molecule has 2 aromatic carbocycles. The first kappa shape index (κ1) is 19.0. The lowest BCUT2D eigenvalue weighted by Gasteiger charge is -2.03. The van der Waals surface area contributed by atoms with Crippen molar-refractivity contribution in [3.05, 3.63) is 76.0 Å². The average Bonchev–Trinajstić information content (AvgIpc) is 3.14. The molecule has 0 aliphatic heterocycles. The number of ether oxygens (including phenoxy) is 1. The van der Waals surface area contributed by atoms with Crippen LogP contribution in [0.25, 0.3) is 11.3 Å². The molecule has 0 unspecified atom stereocenters. The summed E-state index contributed by atoms with van der Waals surface area (Å²) in [6.07, 6.45) is 1.54. The predicted octanol–water partition coefficient (Wildman–Crippen LogP) is 5.88. The number of hydrogen-bond acceptors (Lipinski definition) is 5. The van der Waals surface area contributed by atoms with E-state index in [4.69, 9.17) is 32.4 Å². The van der Waals surface area contributed by atoms with Crippen LogP contribution in [-0.2, 0) is 4.74 Å². The Morgan fingerprint density at radius 1 is 1.15 bits per heavy atom. The van der Waals surface area contributed by atoms with Crippen LogP contribution in [0.2, 0.25) is 10.0 Å². The van der Waals surface area contributed by atoms with Crippen LogP contribution in [0.5, 0.6) is 0 Å². The van der Waals surface area contributed by atoms with Crippen molar-refractivity contribution >= 4 is 41.1 Å². The molecule has 1 aromatic heterocycles. The van der Waals surface area contributed by atoms with E-state index >= 15 is 0 Å². The van der Waals surface area contributed by atoms with Gasteiger partial charge in [-0.05, 0) is 49.4 Å². The number of carbonyl (C=O) groups excluding carboxylic acids is 1. The molecule has 5 nitrogen and oxygen atoms in total. The number of nitrogens with one attached hydrogen (secondary N) is 1. The number of carbonyl (C=O) groups is 1. The summed E-state index contributed by atoms with van der Waals surface area (Å²) in [5.41, 5.74) is 4.81. The van der Waals surface area contributed by atoms with Gasteiger partial charge in [0.25, 0.3) is 0 Å². The minimum atomic E-state index is -0.362. The zero-order valence-corrected chi connectivity index (χ0v) is 15.9. The summed E-state index contributed by atoms with van der Waals surface area (Å²) in [7, 11) is 0. The van der Waals surface area contributed by atoms with Gasteiger partial charge in [-0.2, -0.15) is 5.10 Å². The summed E-state index contributed by atoms with van der Waals surface area (Å²) < 4.78 is 10.8. The van der Waals surface area contributed by atoms with Gasteiger partial charge in [0.2, 0.25) is 0 Å². The minimum Gasteiger partial charge on any atom is -0.462 e. The van der Waals surface area contributed by atoms with E-state index in [0.29, 0.717) is 39.4 Å². The Labute approximate surface area is 166 Å². The second-order valence-corrected chi connectivity index (χ2v) is 6.32. The largest absolute Gasteiger partial charge is 0.462 e. The average molecular weight is 403 g/mol. The monoisotopic (exact) mass is 402 g/mol. The Morgan fingerprint density at radius 2 is 2.00 bits per heavy atom. The van der Waals surface area contributed by atoms with Crippen LogP contribution in [0.1, 0.15) is 23.0 Å². The van der Waals surface area contributed by atoms with Crippen LogP contribution in [0, 0.1) is 0 Å². The first-order valence-electron chi connectivity index (χ1n) is 8.18. The lowest BCUT2D eigenvalue weighted by Crippen LogP contribution is -2.04. The van der Waals surface area contributed by atoms with Crippen molar-refractivity contribution in [3.63, 3.8) is 0 Å². The summed E-state index contributed by atoms with van der Waals surface area (Å²) >= 11 is 11.8.